The van der Waals surface area contributed by atoms with Gasteiger partial charge in [0.25, 0.3) is 0 Å². The highest BCUT2D eigenvalue weighted by Gasteiger charge is 2.19. The molecule has 0 aliphatic heterocycles. The number of hydrogen-bond acceptors (Lipinski definition) is 4. The number of pyridine rings is 1. The molecule has 0 N–H and O–H groups in total. The van der Waals surface area contributed by atoms with Gasteiger partial charge in [-0.3, -0.25) is 4.98 Å². The summed E-state index contributed by atoms with van der Waals surface area (Å²) >= 11 is 0. The summed E-state index contributed by atoms with van der Waals surface area (Å²) in [6.07, 6.45) is -0.766. The molecule has 1 atom stereocenters. The third kappa shape index (κ3) is 2.41. The molecule has 0 bridgehead atoms. The maximum Gasteiger partial charge on any atom is 0.341 e. The number of aryl methyl sites for hydroxylation is 2. The number of nitriles is 1. The van der Waals surface area contributed by atoms with E-state index >= 15 is 0 Å². The second kappa shape index (κ2) is 5.07. The molecule has 0 fully saturated rings. The van der Waals surface area contributed by atoms with Crippen LogP contribution in [0.3, 0.4) is 0 Å². The zero-order valence-electron chi connectivity index (χ0n) is 11.1. The van der Waals surface area contributed by atoms with E-state index in [0.717, 1.165) is 16.5 Å². The van der Waals surface area contributed by atoms with Gasteiger partial charge >= 0.3 is 5.97 Å². The molecule has 1 aromatic carbocycles. The molecule has 0 amide bonds. The first kappa shape index (κ1) is 13.0. The summed E-state index contributed by atoms with van der Waals surface area (Å²) in [4.78, 5) is 16.5. The van der Waals surface area contributed by atoms with Gasteiger partial charge in [0.1, 0.15) is 6.07 Å². The van der Waals surface area contributed by atoms with Crippen molar-refractivity contribution in [2.45, 2.75) is 26.9 Å². The van der Waals surface area contributed by atoms with Crippen LogP contribution in [0.25, 0.3) is 10.9 Å². The van der Waals surface area contributed by atoms with Crippen molar-refractivity contribution in [1.29, 1.82) is 5.26 Å². The summed E-state index contributed by atoms with van der Waals surface area (Å²) in [5, 5.41) is 9.62. The van der Waals surface area contributed by atoms with Crippen LogP contribution >= 0.6 is 0 Å². The van der Waals surface area contributed by atoms with Gasteiger partial charge in [-0.15, -0.1) is 0 Å². The van der Waals surface area contributed by atoms with Gasteiger partial charge < -0.3 is 4.74 Å². The minimum atomic E-state index is -0.766. The lowest BCUT2D eigenvalue weighted by Gasteiger charge is -2.12. The van der Waals surface area contributed by atoms with E-state index in [1.165, 1.54) is 6.92 Å². The molecule has 1 heterocycles. The molecule has 1 aromatic heterocycles. The molecule has 0 radical (unpaired) electrons. The number of carbonyl (C=O) groups is 1. The number of esters is 1. The fourth-order valence-electron chi connectivity index (χ4n) is 2.08. The van der Waals surface area contributed by atoms with Gasteiger partial charge in [-0.1, -0.05) is 18.2 Å². The van der Waals surface area contributed by atoms with E-state index in [1.54, 1.807) is 6.92 Å². The first-order valence-corrected chi connectivity index (χ1v) is 6.01. The third-order valence-electron chi connectivity index (χ3n) is 3.00. The zero-order valence-corrected chi connectivity index (χ0v) is 11.1. The maximum atomic E-state index is 12.1. The van der Waals surface area contributed by atoms with Gasteiger partial charge in [0.2, 0.25) is 0 Å². The smallest absolute Gasteiger partial charge is 0.341 e. The van der Waals surface area contributed by atoms with E-state index in [-0.39, 0.29) is 0 Å². The Hall–Kier alpha value is -2.41. The number of carbonyl (C=O) groups excluding carboxylic acids is 1. The van der Waals surface area contributed by atoms with E-state index in [2.05, 4.69) is 4.98 Å². The quantitative estimate of drug-likeness (QED) is 0.773. The predicted octanol–water partition coefficient (Wildman–Crippen LogP) is 2.92. The lowest BCUT2D eigenvalue weighted by Crippen LogP contribution is -2.16. The number of rotatable bonds is 2. The topological polar surface area (TPSA) is 63.0 Å². The van der Waals surface area contributed by atoms with E-state index in [0.29, 0.717) is 11.3 Å². The number of ether oxygens (including phenoxy) is 1. The SMILES string of the molecule is Cc1nc2ccccc2c(C)c1C(=O)O[C@@H](C)C#N. The normalized spacial score (nSPS) is 11.9. The Kier molecular flexibility index (Phi) is 3.48. The largest absolute Gasteiger partial charge is 0.444 e. The fraction of sp³-hybridized carbons (Fsp3) is 0.267. The standard InChI is InChI=1S/C15H14N2O2/c1-9(8-16)19-15(18)14-10(2)12-6-4-5-7-13(12)17-11(14)3/h4-7,9H,1-3H3/t9-/m0/s1. The highest BCUT2D eigenvalue weighted by Crippen LogP contribution is 2.23. The molecule has 0 unspecified atom stereocenters. The minimum absolute atomic E-state index is 0.445. The summed E-state index contributed by atoms with van der Waals surface area (Å²) in [6, 6.07) is 9.51. The van der Waals surface area contributed by atoms with Gasteiger partial charge in [0.05, 0.1) is 16.8 Å². The Morgan fingerprint density at radius 3 is 2.74 bits per heavy atom. The van der Waals surface area contributed by atoms with Gasteiger partial charge in [0.15, 0.2) is 6.10 Å². The molecule has 0 saturated heterocycles. The van der Waals surface area contributed by atoms with Crippen molar-refractivity contribution >= 4 is 16.9 Å². The molecule has 2 rings (SSSR count). The van der Waals surface area contributed by atoms with Gasteiger partial charge in [-0.2, -0.15) is 5.26 Å². The second-order valence-corrected chi connectivity index (χ2v) is 4.39. The summed E-state index contributed by atoms with van der Waals surface area (Å²) in [7, 11) is 0. The third-order valence-corrected chi connectivity index (χ3v) is 3.00. The average Bonchev–Trinajstić information content (AvgIpc) is 2.38. The van der Waals surface area contributed by atoms with Crippen molar-refractivity contribution in [3.63, 3.8) is 0 Å². The Bertz CT molecular complexity index is 686. The Morgan fingerprint density at radius 1 is 1.37 bits per heavy atom. The number of benzene rings is 1. The Labute approximate surface area is 111 Å². The predicted molar refractivity (Wildman–Crippen MR) is 71.7 cm³/mol. The lowest BCUT2D eigenvalue weighted by molar-refractivity contribution is 0.0433. The first-order chi connectivity index (χ1) is 9.04. The van der Waals surface area contributed by atoms with E-state index in [1.807, 2.05) is 37.3 Å². The summed E-state index contributed by atoms with van der Waals surface area (Å²) < 4.78 is 5.06. The van der Waals surface area contributed by atoms with Crippen molar-refractivity contribution < 1.29 is 9.53 Å². The van der Waals surface area contributed by atoms with Crippen LogP contribution in [-0.2, 0) is 4.74 Å². The number of aromatic nitrogens is 1. The van der Waals surface area contributed by atoms with Crippen molar-refractivity contribution in [3.8, 4) is 6.07 Å². The fourth-order valence-corrected chi connectivity index (χ4v) is 2.08. The molecule has 0 aliphatic carbocycles. The zero-order chi connectivity index (χ0) is 14.0. The average molecular weight is 254 g/mol. The van der Waals surface area contributed by atoms with Crippen molar-refractivity contribution in [2.24, 2.45) is 0 Å². The number of nitrogens with zero attached hydrogens (tertiary/aromatic N) is 2. The highest BCUT2D eigenvalue weighted by molar-refractivity contribution is 5.98. The van der Waals surface area contributed by atoms with Crippen LogP contribution in [-0.4, -0.2) is 17.1 Å². The Balaban J connectivity index is 2.55. The molecule has 0 saturated carbocycles. The summed E-state index contributed by atoms with van der Waals surface area (Å²) in [5.74, 6) is -0.498. The molecule has 4 heteroatoms. The van der Waals surface area contributed by atoms with Crippen LogP contribution in [0.15, 0.2) is 24.3 Å². The van der Waals surface area contributed by atoms with Crippen LogP contribution in [0, 0.1) is 25.2 Å². The van der Waals surface area contributed by atoms with Crippen molar-refractivity contribution in [3.05, 3.63) is 41.1 Å². The van der Waals surface area contributed by atoms with Gasteiger partial charge in [-0.05, 0) is 32.4 Å². The summed E-state index contributed by atoms with van der Waals surface area (Å²) in [6.45, 7) is 5.18. The Morgan fingerprint density at radius 2 is 2.05 bits per heavy atom. The monoisotopic (exact) mass is 254 g/mol. The molecular formula is C15H14N2O2. The molecule has 96 valence electrons. The first-order valence-electron chi connectivity index (χ1n) is 6.01. The minimum Gasteiger partial charge on any atom is -0.444 e. The van der Waals surface area contributed by atoms with Crippen molar-refractivity contribution in [1.82, 2.24) is 4.98 Å². The molecule has 4 nitrogen and oxygen atoms in total. The molecule has 0 aliphatic rings. The van der Waals surface area contributed by atoms with Gasteiger partial charge in [-0.25, -0.2) is 4.79 Å². The number of fused-ring (bicyclic) bond motifs is 1. The highest BCUT2D eigenvalue weighted by atomic mass is 16.5. The van der Waals surface area contributed by atoms with E-state index in [9.17, 15) is 4.79 Å². The molecule has 0 spiro atoms. The van der Waals surface area contributed by atoms with Crippen molar-refractivity contribution in [2.75, 3.05) is 0 Å². The van der Waals surface area contributed by atoms with Crippen LogP contribution in [0.1, 0.15) is 28.5 Å². The number of para-hydroxylation sites is 1. The molecule has 2 aromatic rings. The van der Waals surface area contributed by atoms with E-state index in [4.69, 9.17) is 10.00 Å². The second-order valence-electron chi connectivity index (χ2n) is 4.39. The van der Waals surface area contributed by atoms with Crippen LogP contribution in [0.4, 0.5) is 0 Å². The number of hydrogen-bond donors (Lipinski definition) is 0. The van der Waals surface area contributed by atoms with Gasteiger partial charge in [0, 0.05) is 5.39 Å². The lowest BCUT2D eigenvalue weighted by atomic mass is 10.0. The summed E-state index contributed by atoms with van der Waals surface area (Å²) in [5.41, 5.74) is 2.74. The molecular weight excluding hydrogens is 240 g/mol. The maximum absolute atomic E-state index is 12.1. The van der Waals surface area contributed by atoms with Crippen LogP contribution < -0.4 is 0 Å². The van der Waals surface area contributed by atoms with Crippen LogP contribution in [0.5, 0.6) is 0 Å². The molecule has 19 heavy (non-hydrogen) atoms. The van der Waals surface area contributed by atoms with E-state index < -0.39 is 12.1 Å². The van der Waals surface area contributed by atoms with Crippen LogP contribution in [0.2, 0.25) is 0 Å².